The van der Waals surface area contributed by atoms with Crippen LogP contribution >= 0.6 is 11.8 Å². The molecule has 0 aliphatic heterocycles. The molecule has 0 bridgehead atoms. The lowest BCUT2D eigenvalue weighted by atomic mass is 9.80. The van der Waals surface area contributed by atoms with Gasteiger partial charge in [-0.1, -0.05) is 18.2 Å². The van der Waals surface area contributed by atoms with E-state index in [1.54, 1.807) is 18.2 Å². The minimum absolute atomic E-state index is 0.0179. The molecule has 0 aromatic heterocycles. The molecule has 1 aromatic rings. The van der Waals surface area contributed by atoms with Gasteiger partial charge in [-0.25, -0.2) is 0 Å². The Kier molecular flexibility index (Phi) is 5.36. The number of thioether (sulfide) groups is 1. The summed E-state index contributed by atoms with van der Waals surface area (Å²) in [7, 11) is -1.60. The van der Waals surface area contributed by atoms with Crippen molar-refractivity contribution < 1.29 is 23.2 Å². The molecular weight excluding hydrogens is 252 g/mol. The molecule has 1 rings (SSSR count). The van der Waals surface area contributed by atoms with Gasteiger partial charge in [-0.05, 0) is 23.7 Å². The summed E-state index contributed by atoms with van der Waals surface area (Å²) in [4.78, 5) is 0.602. The second kappa shape index (κ2) is 6.32. The molecule has 0 spiro atoms. The van der Waals surface area contributed by atoms with Gasteiger partial charge in [0.05, 0.1) is 0 Å². The van der Waals surface area contributed by atoms with Crippen LogP contribution < -0.4 is 5.46 Å². The highest BCUT2D eigenvalue weighted by Crippen LogP contribution is 2.24. The zero-order chi connectivity index (χ0) is 12.9. The topological polar surface area (TPSA) is 40.5 Å². The number of halogens is 3. The van der Waals surface area contributed by atoms with Crippen LogP contribution in [0.25, 0.3) is 0 Å². The van der Waals surface area contributed by atoms with E-state index < -0.39 is 19.7 Å². The van der Waals surface area contributed by atoms with Crippen LogP contribution in [0.1, 0.15) is 12.8 Å². The molecule has 0 atom stereocenters. The van der Waals surface area contributed by atoms with E-state index in [1.165, 1.54) is 17.8 Å². The molecule has 0 amide bonds. The first-order chi connectivity index (χ1) is 7.90. The molecule has 0 radical (unpaired) electrons. The Bertz CT molecular complexity index is 358. The summed E-state index contributed by atoms with van der Waals surface area (Å²) in [6.45, 7) is 0. The predicted octanol–water partition coefficient (Wildman–Crippen LogP) is 1.80. The third kappa shape index (κ3) is 5.47. The molecule has 0 unspecified atom stereocenters. The SMILES string of the molecule is OB(O)c1ccccc1SCCCC(F)(F)F. The molecule has 0 saturated heterocycles. The summed E-state index contributed by atoms with van der Waals surface area (Å²) in [5.74, 6) is 0.295. The summed E-state index contributed by atoms with van der Waals surface area (Å²) in [5.41, 5.74) is 0.324. The number of hydrogen-bond donors (Lipinski definition) is 2. The van der Waals surface area contributed by atoms with Crippen molar-refractivity contribution in [3.05, 3.63) is 24.3 Å². The van der Waals surface area contributed by atoms with Gasteiger partial charge in [0.2, 0.25) is 0 Å². The van der Waals surface area contributed by atoms with Crippen LogP contribution in [-0.4, -0.2) is 29.1 Å². The maximum absolute atomic E-state index is 11.9. The number of hydrogen-bond acceptors (Lipinski definition) is 3. The molecule has 17 heavy (non-hydrogen) atoms. The van der Waals surface area contributed by atoms with Gasteiger partial charge in [-0.15, -0.1) is 11.8 Å². The van der Waals surface area contributed by atoms with Gasteiger partial charge in [0.25, 0.3) is 0 Å². The molecule has 2 N–H and O–H groups in total. The maximum Gasteiger partial charge on any atom is 0.489 e. The third-order valence-corrected chi connectivity index (χ3v) is 3.23. The molecule has 0 heterocycles. The van der Waals surface area contributed by atoms with Crippen molar-refractivity contribution in [2.75, 3.05) is 5.75 Å². The van der Waals surface area contributed by atoms with E-state index in [4.69, 9.17) is 10.0 Å². The van der Waals surface area contributed by atoms with Crippen molar-refractivity contribution in [3.63, 3.8) is 0 Å². The van der Waals surface area contributed by atoms with Crippen LogP contribution in [0.5, 0.6) is 0 Å². The first-order valence-electron chi connectivity index (χ1n) is 5.05. The van der Waals surface area contributed by atoms with Crippen LogP contribution in [-0.2, 0) is 0 Å². The number of alkyl halides is 3. The first kappa shape index (κ1) is 14.4. The Hall–Kier alpha value is -0.655. The Morgan fingerprint density at radius 2 is 1.82 bits per heavy atom. The van der Waals surface area contributed by atoms with E-state index in [9.17, 15) is 13.2 Å². The summed E-state index contributed by atoms with van der Waals surface area (Å²) in [5, 5.41) is 18.1. The van der Waals surface area contributed by atoms with Crippen molar-refractivity contribution in [2.24, 2.45) is 0 Å². The highest BCUT2D eigenvalue weighted by Gasteiger charge is 2.26. The van der Waals surface area contributed by atoms with Crippen molar-refractivity contribution in [1.29, 1.82) is 0 Å². The fraction of sp³-hybridized carbons (Fsp3) is 0.400. The number of rotatable bonds is 5. The van der Waals surface area contributed by atoms with Gasteiger partial charge in [0.15, 0.2) is 0 Å². The van der Waals surface area contributed by atoms with E-state index in [0.29, 0.717) is 16.1 Å². The minimum Gasteiger partial charge on any atom is -0.423 e. The lowest BCUT2D eigenvalue weighted by molar-refractivity contribution is -0.134. The van der Waals surface area contributed by atoms with E-state index >= 15 is 0 Å². The van der Waals surface area contributed by atoms with Crippen LogP contribution in [0.15, 0.2) is 29.2 Å². The standard InChI is InChI=1S/C10H12BF3O2S/c12-10(13,14)6-3-7-17-9-5-2-1-4-8(9)11(15)16/h1-2,4-5,15-16H,3,6-7H2. The molecule has 0 fully saturated rings. The van der Waals surface area contributed by atoms with Gasteiger partial charge in [-0.2, -0.15) is 13.2 Å². The van der Waals surface area contributed by atoms with Gasteiger partial charge in [0, 0.05) is 11.3 Å². The summed E-state index contributed by atoms with van der Waals surface area (Å²) in [6, 6.07) is 6.55. The molecule has 0 saturated carbocycles. The van der Waals surface area contributed by atoms with Crippen LogP contribution in [0.4, 0.5) is 13.2 Å². The van der Waals surface area contributed by atoms with Crippen molar-refractivity contribution >= 4 is 24.3 Å². The molecule has 0 aliphatic carbocycles. The lowest BCUT2D eigenvalue weighted by Gasteiger charge is -2.09. The molecule has 7 heteroatoms. The highest BCUT2D eigenvalue weighted by molar-refractivity contribution is 7.99. The Labute approximate surface area is 102 Å². The molecule has 1 aromatic carbocycles. The smallest absolute Gasteiger partial charge is 0.423 e. The lowest BCUT2D eigenvalue weighted by Crippen LogP contribution is -2.31. The van der Waals surface area contributed by atoms with Gasteiger partial charge < -0.3 is 10.0 Å². The fourth-order valence-corrected chi connectivity index (χ4v) is 2.30. The monoisotopic (exact) mass is 264 g/mol. The van der Waals surface area contributed by atoms with Crippen LogP contribution in [0, 0.1) is 0 Å². The Morgan fingerprint density at radius 1 is 1.18 bits per heavy atom. The molecule has 0 aliphatic rings. The zero-order valence-corrected chi connectivity index (χ0v) is 9.76. The quantitative estimate of drug-likeness (QED) is 0.484. The Morgan fingerprint density at radius 3 is 2.41 bits per heavy atom. The Balaban J connectivity index is 2.47. The molecular formula is C10H12BF3O2S. The maximum atomic E-state index is 11.9. The van der Waals surface area contributed by atoms with E-state index in [0.717, 1.165) is 0 Å². The van der Waals surface area contributed by atoms with Gasteiger partial charge >= 0.3 is 13.3 Å². The van der Waals surface area contributed by atoms with Gasteiger partial charge in [-0.3, -0.25) is 0 Å². The van der Waals surface area contributed by atoms with E-state index in [2.05, 4.69) is 0 Å². The highest BCUT2D eigenvalue weighted by atomic mass is 32.2. The normalized spacial score (nSPS) is 11.6. The molecule has 2 nitrogen and oxygen atoms in total. The summed E-state index contributed by atoms with van der Waals surface area (Å²) in [6.07, 6.45) is -4.93. The molecule has 94 valence electrons. The van der Waals surface area contributed by atoms with Crippen molar-refractivity contribution in [2.45, 2.75) is 23.9 Å². The largest absolute Gasteiger partial charge is 0.489 e. The second-order valence-electron chi connectivity index (χ2n) is 3.48. The third-order valence-electron chi connectivity index (χ3n) is 2.06. The number of benzene rings is 1. The minimum atomic E-state index is -4.13. The van der Waals surface area contributed by atoms with E-state index in [-0.39, 0.29) is 6.42 Å². The van der Waals surface area contributed by atoms with Crippen molar-refractivity contribution in [3.8, 4) is 0 Å². The summed E-state index contributed by atoms with van der Waals surface area (Å²) < 4.78 is 35.7. The average molecular weight is 264 g/mol. The van der Waals surface area contributed by atoms with E-state index in [1.807, 2.05) is 0 Å². The van der Waals surface area contributed by atoms with Gasteiger partial charge in [0.1, 0.15) is 0 Å². The average Bonchev–Trinajstić information content (AvgIpc) is 2.23. The zero-order valence-electron chi connectivity index (χ0n) is 8.94. The van der Waals surface area contributed by atoms with Crippen LogP contribution in [0.3, 0.4) is 0 Å². The predicted molar refractivity (Wildman–Crippen MR) is 62.3 cm³/mol. The first-order valence-corrected chi connectivity index (χ1v) is 6.03. The summed E-state index contributed by atoms with van der Waals surface area (Å²) >= 11 is 1.20. The van der Waals surface area contributed by atoms with Crippen molar-refractivity contribution in [1.82, 2.24) is 0 Å². The van der Waals surface area contributed by atoms with Crippen LogP contribution in [0.2, 0.25) is 0 Å². The second-order valence-corrected chi connectivity index (χ2v) is 4.62. The fourth-order valence-electron chi connectivity index (χ4n) is 1.28.